The predicted octanol–water partition coefficient (Wildman–Crippen LogP) is 2.36. The Labute approximate surface area is 128 Å². The summed E-state index contributed by atoms with van der Waals surface area (Å²) in [7, 11) is 1.70. The molecule has 0 aliphatic rings. The van der Waals surface area contributed by atoms with E-state index in [1.54, 1.807) is 37.0 Å². The highest BCUT2D eigenvalue weighted by atomic mass is 32.2. The van der Waals surface area contributed by atoms with Gasteiger partial charge in [-0.15, -0.1) is 0 Å². The summed E-state index contributed by atoms with van der Waals surface area (Å²) < 4.78 is 29.2. The minimum Gasteiger partial charge on any atom is -0.488 e. The Kier molecular flexibility index (Phi) is 8.57. The Morgan fingerprint density at radius 2 is 2.19 bits per heavy atom. The van der Waals surface area contributed by atoms with Crippen molar-refractivity contribution in [1.29, 1.82) is 0 Å². The van der Waals surface area contributed by atoms with Crippen molar-refractivity contribution in [3.05, 3.63) is 29.8 Å². The summed E-state index contributed by atoms with van der Waals surface area (Å²) >= 11 is 1.76. The maximum atomic E-state index is 12.1. The van der Waals surface area contributed by atoms with Gasteiger partial charge in [0.25, 0.3) is 6.43 Å². The summed E-state index contributed by atoms with van der Waals surface area (Å²) in [5, 5.41) is 6.35. The average Bonchev–Trinajstić information content (AvgIpc) is 2.49. The van der Waals surface area contributed by atoms with E-state index in [4.69, 9.17) is 4.74 Å². The lowest BCUT2D eigenvalue weighted by Gasteiger charge is -2.12. The number of hydrogen-bond acceptors (Lipinski definition) is 3. The lowest BCUT2D eigenvalue weighted by atomic mass is 10.2. The zero-order valence-electron chi connectivity index (χ0n) is 12.2. The van der Waals surface area contributed by atoms with E-state index in [9.17, 15) is 8.78 Å². The number of ether oxygens (including phenoxy) is 1. The van der Waals surface area contributed by atoms with Crippen LogP contribution in [0.2, 0.25) is 0 Å². The van der Waals surface area contributed by atoms with Crippen molar-refractivity contribution in [1.82, 2.24) is 10.6 Å². The van der Waals surface area contributed by atoms with Crippen LogP contribution in [0.4, 0.5) is 8.78 Å². The Balaban J connectivity index is 2.45. The van der Waals surface area contributed by atoms with Crippen LogP contribution in [0, 0.1) is 0 Å². The van der Waals surface area contributed by atoms with Crippen LogP contribution in [0.15, 0.2) is 29.3 Å². The third kappa shape index (κ3) is 7.75. The van der Waals surface area contributed by atoms with E-state index in [-0.39, 0.29) is 0 Å². The van der Waals surface area contributed by atoms with Crippen molar-refractivity contribution in [2.75, 3.05) is 32.2 Å². The van der Waals surface area contributed by atoms with Crippen LogP contribution in [-0.4, -0.2) is 44.6 Å². The van der Waals surface area contributed by atoms with Gasteiger partial charge in [-0.25, -0.2) is 8.78 Å². The molecule has 0 aliphatic carbocycles. The molecule has 2 N–H and O–H groups in total. The highest BCUT2D eigenvalue weighted by molar-refractivity contribution is 7.98. The summed E-state index contributed by atoms with van der Waals surface area (Å²) in [6.07, 6.45) is -0.422. The number of nitrogens with one attached hydrogen (secondary N) is 2. The Bertz CT molecular complexity index is 444. The first-order chi connectivity index (χ1) is 10.2. The van der Waals surface area contributed by atoms with Gasteiger partial charge in [-0.05, 0) is 24.0 Å². The number of guanidine groups is 1. The predicted molar refractivity (Wildman–Crippen MR) is 84.5 cm³/mol. The monoisotopic (exact) mass is 317 g/mol. The van der Waals surface area contributed by atoms with Crippen LogP contribution in [0.5, 0.6) is 5.75 Å². The SMILES string of the molecule is CN=C(NCCSC)NCc1cccc(OCC(F)F)c1. The van der Waals surface area contributed by atoms with Gasteiger partial charge in [0.2, 0.25) is 0 Å². The van der Waals surface area contributed by atoms with Crippen molar-refractivity contribution in [3.63, 3.8) is 0 Å². The van der Waals surface area contributed by atoms with E-state index < -0.39 is 13.0 Å². The second-order valence-electron chi connectivity index (χ2n) is 4.19. The van der Waals surface area contributed by atoms with Gasteiger partial charge in [-0.3, -0.25) is 4.99 Å². The molecule has 1 aromatic rings. The summed E-state index contributed by atoms with van der Waals surface area (Å²) in [5.74, 6) is 2.15. The first-order valence-electron chi connectivity index (χ1n) is 6.59. The number of rotatable bonds is 8. The fourth-order valence-electron chi connectivity index (χ4n) is 1.58. The maximum Gasteiger partial charge on any atom is 0.272 e. The van der Waals surface area contributed by atoms with Crippen molar-refractivity contribution < 1.29 is 13.5 Å². The normalized spacial score (nSPS) is 11.6. The Hall–Kier alpha value is -1.50. The van der Waals surface area contributed by atoms with E-state index in [1.165, 1.54) is 0 Å². The fraction of sp³-hybridized carbons (Fsp3) is 0.500. The molecule has 0 bridgehead atoms. The Morgan fingerprint density at radius 3 is 2.86 bits per heavy atom. The number of aliphatic imine (C=N–C) groups is 1. The van der Waals surface area contributed by atoms with Crippen molar-refractivity contribution >= 4 is 17.7 Å². The van der Waals surface area contributed by atoms with Crippen molar-refractivity contribution in [2.45, 2.75) is 13.0 Å². The van der Waals surface area contributed by atoms with Crippen molar-refractivity contribution in [2.24, 2.45) is 4.99 Å². The van der Waals surface area contributed by atoms with Gasteiger partial charge in [-0.1, -0.05) is 12.1 Å². The van der Waals surface area contributed by atoms with E-state index >= 15 is 0 Å². The van der Waals surface area contributed by atoms with Gasteiger partial charge in [0.15, 0.2) is 5.96 Å². The first-order valence-corrected chi connectivity index (χ1v) is 7.98. The van der Waals surface area contributed by atoms with Gasteiger partial charge in [0.05, 0.1) is 0 Å². The molecule has 0 radical (unpaired) electrons. The summed E-state index contributed by atoms with van der Waals surface area (Å²) in [4.78, 5) is 4.11. The summed E-state index contributed by atoms with van der Waals surface area (Å²) in [6, 6.07) is 7.08. The molecule has 0 amide bonds. The molecule has 0 aromatic heterocycles. The van der Waals surface area contributed by atoms with Gasteiger partial charge >= 0.3 is 0 Å². The number of nitrogens with zero attached hydrogens (tertiary/aromatic N) is 1. The fourth-order valence-corrected chi connectivity index (χ4v) is 1.89. The van der Waals surface area contributed by atoms with Gasteiger partial charge in [0, 0.05) is 25.9 Å². The second kappa shape index (κ2) is 10.3. The van der Waals surface area contributed by atoms with Crippen LogP contribution < -0.4 is 15.4 Å². The first kappa shape index (κ1) is 17.6. The number of hydrogen-bond donors (Lipinski definition) is 2. The van der Waals surface area contributed by atoms with E-state index in [0.717, 1.165) is 17.9 Å². The lowest BCUT2D eigenvalue weighted by Crippen LogP contribution is -2.37. The number of benzene rings is 1. The van der Waals surface area contributed by atoms with Gasteiger partial charge in [0.1, 0.15) is 12.4 Å². The molecule has 7 heteroatoms. The molecule has 0 saturated carbocycles. The molecule has 0 fully saturated rings. The molecular formula is C14H21F2N3OS. The molecule has 0 saturated heterocycles. The molecule has 0 atom stereocenters. The molecule has 1 rings (SSSR count). The highest BCUT2D eigenvalue weighted by Crippen LogP contribution is 2.14. The molecule has 0 unspecified atom stereocenters. The molecule has 4 nitrogen and oxygen atoms in total. The average molecular weight is 317 g/mol. The number of alkyl halides is 2. The molecule has 0 heterocycles. The van der Waals surface area contributed by atoms with Crippen LogP contribution in [-0.2, 0) is 6.54 Å². The number of halogens is 2. The van der Waals surface area contributed by atoms with Crippen LogP contribution in [0.3, 0.4) is 0 Å². The molecular weight excluding hydrogens is 296 g/mol. The standard InChI is InChI=1S/C14H21F2N3OS/c1-17-14(18-6-7-21-2)19-9-11-4-3-5-12(8-11)20-10-13(15)16/h3-5,8,13H,6-7,9-10H2,1-2H3,(H2,17,18,19). The Morgan fingerprint density at radius 1 is 1.38 bits per heavy atom. The van der Waals surface area contributed by atoms with E-state index in [2.05, 4.69) is 15.6 Å². The second-order valence-corrected chi connectivity index (χ2v) is 5.18. The molecule has 0 aliphatic heterocycles. The quantitative estimate of drug-likeness (QED) is 0.439. The van der Waals surface area contributed by atoms with Crippen LogP contribution >= 0.6 is 11.8 Å². The van der Waals surface area contributed by atoms with Gasteiger partial charge < -0.3 is 15.4 Å². The zero-order chi connectivity index (χ0) is 15.5. The minimum absolute atomic E-state index is 0.444. The smallest absolute Gasteiger partial charge is 0.272 e. The third-order valence-corrected chi connectivity index (χ3v) is 3.17. The van der Waals surface area contributed by atoms with E-state index in [1.807, 2.05) is 12.3 Å². The molecule has 1 aromatic carbocycles. The van der Waals surface area contributed by atoms with Gasteiger partial charge in [-0.2, -0.15) is 11.8 Å². The largest absolute Gasteiger partial charge is 0.488 e. The van der Waals surface area contributed by atoms with E-state index in [0.29, 0.717) is 18.3 Å². The topological polar surface area (TPSA) is 45.7 Å². The van der Waals surface area contributed by atoms with Crippen molar-refractivity contribution in [3.8, 4) is 5.75 Å². The summed E-state index contributed by atoms with van der Waals surface area (Å²) in [5.41, 5.74) is 0.939. The van der Waals surface area contributed by atoms with Crippen LogP contribution in [0.1, 0.15) is 5.56 Å². The highest BCUT2D eigenvalue weighted by Gasteiger charge is 2.04. The maximum absolute atomic E-state index is 12.1. The molecule has 118 valence electrons. The zero-order valence-corrected chi connectivity index (χ0v) is 13.1. The summed E-state index contributed by atoms with van der Waals surface area (Å²) in [6.45, 7) is 0.790. The third-order valence-electron chi connectivity index (χ3n) is 2.56. The van der Waals surface area contributed by atoms with Crippen LogP contribution in [0.25, 0.3) is 0 Å². The molecule has 0 spiro atoms. The number of thioether (sulfide) groups is 1. The minimum atomic E-state index is -2.47. The lowest BCUT2D eigenvalue weighted by molar-refractivity contribution is 0.0818. The molecule has 21 heavy (non-hydrogen) atoms.